The van der Waals surface area contributed by atoms with Crippen LogP contribution < -0.4 is 5.73 Å². The van der Waals surface area contributed by atoms with Crippen molar-refractivity contribution in [1.29, 1.82) is 0 Å². The van der Waals surface area contributed by atoms with Gasteiger partial charge in [0.15, 0.2) is 0 Å². The van der Waals surface area contributed by atoms with Gasteiger partial charge >= 0.3 is 0 Å². The molecule has 2 nitrogen and oxygen atoms in total. The van der Waals surface area contributed by atoms with Crippen LogP contribution in [-0.4, -0.2) is 4.98 Å². The molecule has 0 saturated carbocycles. The van der Waals surface area contributed by atoms with Crippen molar-refractivity contribution in [2.24, 2.45) is 5.73 Å². The van der Waals surface area contributed by atoms with Gasteiger partial charge in [0.1, 0.15) is 0 Å². The molecule has 0 aliphatic rings. The number of fused-ring (bicyclic) bond motifs is 1. The van der Waals surface area contributed by atoms with E-state index in [0.29, 0.717) is 5.92 Å². The smallest absolute Gasteiger partial charge is 0.0740 e. The van der Waals surface area contributed by atoms with Crippen LogP contribution in [-0.2, 0) is 5.54 Å². The van der Waals surface area contributed by atoms with Crippen LogP contribution in [0, 0.1) is 13.8 Å². The van der Waals surface area contributed by atoms with E-state index in [2.05, 4.69) is 59.7 Å². The number of aromatic nitrogens is 1. The molecule has 2 N–H and O–H groups in total. The highest BCUT2D eigenvalue weighted by molar-refractivity contribution is 5.87. The second kappa shape index (κ2) is 4.61. The van der Waals surface area contributed by atoms with Crippen molar-refractivity contribution in [3.8, 4) is 0 Å². The summed E-state index contributed by atoms with van der Waals surface area (Å²) in [6, 6.07) is 6.48. The minimum atomic E-state index is -0.355. The Balaban J connectivity index is 2.90. The predicted octanol–water partition coefficient (Wildman–Crippen LogP) is 4.17. The van der Waals surface area contributed by atoms with Crippen molar-refractivity contribution in [3.63, 3.8) is 0 Å². The second-order valence-corrected chi connectivity index (χ2v) is 6.37. The number of rotatable bonds is 2. The first-order chi connectivity index (χ1) is 8.71. The molecule has 0 bridgehead atoms. The van der Waals surface area contributed by atoms with Crippen LogP contribution in [0.5, 0.6) is 0 Å². The van der Waals surface area contributed by atoms with E-state index in [-0.39, 0.29) is 5.54 Å². The first kappa shape index (κ1) is 14.0. The van der Waals surface area contributed by atoms with Crippen LogP contribution in [0.15, 0.2) is 18.2 Å². The van der Waals surface area contributed by atoms with Gasteiger partial charge in [0.2, 0.25) is 0 Å². The van der Waals surface area contributed by atoms with E-state index < -0.39 is 0 Å². The maximum Gasteiger partial charge on any atom is 0.0740 e. The molecule has 0 amide bonds. The Labute approximate surface area is 116 Å². The van der Waals surface area contributed by atoms with Gasteiger partial charge in [-0.3, -0.25) is 4.98 Å². The third kappa shape index (κ3) is 2.50. The van der Waals surface area contributed by atoms with Gasteiger partial charge in [0.05, 0.1) is 5.52 Å². The number of hydrogen-bond acceptors (Lipinski definition) is 2. The van der Waals surface area contributed by atoms with E-state index in [1.165, 1.54) is 22.1 Å². The standard InChI is InChI=1S/C17H24N2/c1-10(2)15-9-14(17(5,6)18)13-8-7-11(3)12(4)16(13)19-15/h7-10H,18H2,1-6H3. The largest absolute Gasteiger partial charge is 0.322 e. The zero-order valence-corrected chi connectivity index (χ0v) is 12.8. The quantitative estimate of drug-likeness (QED) is 0.876. The van der Waals surface area contributed by atoms with Gasteiger partial charge in [0.25, 0.3) is 0 Å². The number of benzene rings is 1. The fourth-order valence-electron chi connectivity index (χ4n) is 2.38. The molecule has 0 aliphatic carbocycles. The first-order valence-electron chi connectivity index (χ1n) is 6.92. The summed E-state index contributed by atoms with van der Waals surface area (Å²) in [4.78, 5) is 4.85. The van der Waals surface area contributed by atoms with Crippen molar-refractivity contribution in [2.45, 2.75) is 53.0 Å². The average molecular weight is 256 g/mol. The molecule has 1 aromatic carbocycles. The third-order valence-corrected chi connectivity index (χ3v) is 3.81. The molecule has 0 atom stereocenters. The Morgan fingerprint density at radius 2 is 1.79 bits per heavy atom. The number of aryl methyl sites for hydroxylation is 2. The van der Waals surface area contributed by atoms with Gasteiger partial charge in [0, 0.05) is 16.6 Å². The van der Waals surface area contributed by atoms with Crippen LogP contribution in [0.3, 0.4) is 0 Å². The molecule has 102 valence electrons. The van der Waals surface area contributed by atoms with Crippen LogP contribution in [0.1, 0.15) is 56.0 Å². The summed E-state index contributed by atoms with van der Waals surface area (Å²) >= 11 is 0. The van der Waals surface area contributed by atoms with Gasteiger partial charge in [-0.05, 0) is 56.4 Å². The molecule has 1 heterocycles. The minimum Gasteiger partial charge on any atom is -0.322 e. The summed E-state index contributed by atoms with van der Waals surface area (Å²) < 4.78 is 0. The van der Waals surface area contributed by atoms with E-state index in [1.807, 2.05) is 0 Å². The van der Waals surface area contributed by atoms with E-state index in [4.69, 9.17) is 10.7 Å². The molecule has 0 fully saturated rings. The van der Waals surface area contributed by atoms with Gasteiger partial charge in [-0.2, -0.15) is 0 Å². The lowest BCUT2D eigenvalue weighted by atomic mass is 9.88. The fourth-order valence-corrected chi connectivity index (χ4v) is 2.38. The van der Waals surface area contributed by atoms with Crippen molar-refractivity contribution >= 4 is 10.9 Å². The molecule has 1 aromatic heterocycles. The molecule has 2 aromatic rings. The van der Waals surface area contributed by atoms with Crippen molar-refractivity contribution in [1.82, 2.24) is 4.98 Å². The molecule has 2 rings (SSSR count). The predicted molar refractivity (Wildman–Crippen MR) is 82.5 cm³/mol. The summed E-state index contributed by atoms with van der Waals surface area (Å²) in [6.07, 6.45) is 0. The molecular formula is C17H24N2. The van der Waals surface area contributed by atoms with Gasteiger partial charge in [-0.15, -0.1) is 0 Å². The highest BCUT2D eigenvalue weighted by Gasteiger charge is 2.20. The Bertz CT molecular complexity index is 619. The number of nitrogens with zero attached hydrogens (tertiary/aromatic N) is 1. The Kier molecular flexibility index (Phi) is 3.40. The average Bonchev–Trinajstić information content (AvgIpc) is 2.31. The molecule has 0 saturated heterocycles. The molecule has 0 spiro atoms. The molecule has 2 heteroatoms. The minimum absolute atomic E-state index is 0.355. The maximum absolute atomic E-state index is 6.35. The van der Waals surface area contributed by atoms with E-state index in [1.54, 1.807) is 0 Å². The van der Waals surface area contributed by atoms with E-state index in [9.17, 15) is 0 Å². The zero-order valence-electron chi connectivity index (χ0n) is 12.8. The highest BCUT2D eigenvalue weighted by Crippen LogP contribution is 2.31. The summed E-state index contributed by atoms with van der Waals surface area (Å²) in [6.45, 7) is 12.7. The lowest BCUT2D eigenvalue weighted by molar-refractivity contribution is 0.557. The molecular weight excluding hydrogens is 232 g/mol. The lowest BCUT2D eigenvalue weighted by Gasteiger charge is -2.24. The molecule has 19 heavy (non-hydrogen) atoms. The van der Waals surface area contributed by atoms with Crippen molar-refractivity contribution in [3.05, 3.63) is 40.6 Å². The molecule has 0 aliphatic heterocycles. The zero-order chi connectivity index (χ0) is 14.4. The van der Waals surface area contributed by atoms with Crippen LogP contribution in [0.25, 0.3) is 10.9 Å². The van der Waals surface area contributed by atoms with Gasteiger partial charge in [-0.1, -0.05) is 26.0 Å². The van der Waals surface area contributed by atoms with Crippen LogP contribution >= 0.6 is 0 Å². The van der Waals surface area contributed by atoms with Gasteiger partial charge in [-0.25, -0.2) is 0 Å². The highest BCUT2D eigenvalue weighted by atomic mass is 14.7. The number of hydrogen-bond donors (Lipinski definition) is 1. The monoisotopic (exact) mass is 256 g/mol. The second-order valence-electron chi connectivity index (χ2n) is 6.37. The third-order valence-electron chi connectivity index (χ3n) is 3.81. The van der Waals surface area contributed by atoms with Crippen LogP contribution in [0.2, 0.25) is 0 Å². The van der Waals surface area contributed by atoms with Crippen molar-refractivity contribution < 1.29 is 0 Å². The number of pyridine rings is 1. The summed E-state index contributed by atoms with van der Waals surface area (Å²) in [5.41, 5.74) is 11.9. The van der Waals surface area contributed by atoms with E-state index >= 15 is 0 Å². The maximum atomic E-state index is 6.35. The lowest BCUT2D eigenvalue weighted by Crippen LogP contribution is -2.29. The number of nitrogens with two attached hydrogens (primary N) is 1. The van der Waals surface area contributed by atoms with Crippen LogP contribution in [0.4, 0.5) is 0 Å². The van der Waals surface area contributed by atoms with Gasteiger partial charge < -0.3 is 5.73 Å². The topological polar surface area (TPSA) is 38.9 Å². The van der Waals surface area contributed by atoms with E-state index in [0.717, 1.165) is 11.2 Å². The Hall–Kier alpha value is -1.41. The molecule has 0 unspecified atom stereocenters. The summed E-state index contributed by atoms with van der Waals surface area (Å²) in [5, 5.41) is 1.18. The SMILES string of the molecule is Cc1ccc2c(C(C)(C)N)cc(C(C)C)nc2c1C. The molecule has 0 radical (unpaired) electrons. The Morgan fingerprint density at radius 1 is 1.16 bits per heavy atom. The summed E-state index contributed by atoms with van der Waals surface area (Å²) in [7, 11) is 0. The summed E-state index contributed by atoms with van der Waals surface area (Å²) in [5.74, 6) is 0.408. The fraction of sp³-hybridized carbons (Fsp3) is 0.471. The normalized spacial score (nSPS) is 12.4. The van der Waals surface area contributed by atoms with Crippen molar-refractivity contribution in [2.75, 3.05) is 0 Å². The Morgan fingerprint density at radius 3 is 2.32 bits per heavy atom. The first-order valence-corrected chi connectivity index (χ1v) is 6.92.